The average molecular weight is 237 g/mol. The van der Waals surface area contributed by atoms with Crippen molar-refractivity contribution in [3.05, 3.63) is 60.8 Å². The normalized spacial score (nSPS) is 12.2. The summed E-state index contributed by atoms with van der Waals surface area (Å²) in [7, 11) is 0. The van der Waals surface area contributed by atoms with Gasteiger partial charge in [0.2, 0.25) is 0 Å². The van der Waals surface area contributed by atoms with Crippen LogP contribution in [0, 0.1) is 0 Å². The number of fused-ring (bicyclic) bond motifs is 1. The first-order valence-corrected chi connectivity index (χ1v) is 5.74. The van der Waals surface area contributed by atoms with Crippen LogP contribution in [0.4, 0.5) is 11.4 Å². The molecule has 3 heteroatoms. The Morgan fingerprint density at radius 1 is 1.17 bits per heavy atom. The van der Waals surface area contributed by atoms with E-state index in [-0.39, 0.29) is 0 Å². The number of anilines is 1. The second-order valence-corrected chi connectivity index (χ2v) is 3.84. The summed E-state index contributed by atoms with van der Waals surface area (Å²) in [5.74, 6) is 0. The molecule has 0 bridgehead atoms. The number of rotatable bonds is 3. The van der Waals surface area contributed by atoms with Gasteiger partial charge in [-0.1, -0.05) is 36.9 Å². The fourth-order valence-corrected chi connectivity index (χ4v) is 1.72. The molecule has 0 fully saturated rings. The lowest BCUT2D eigenvalue weighted by atomic mass is 10.1. The Morgan fingerprint density at radius 3 is 2.56 bits per heavy atom. The third-order valence-corrected chi connectivity index (χ3v) is 2.71. The van der Waals surface area contributed by atoms with E-state index < -0.39 is 0 Å². The van der Waals surface area contributed by atoms with Crippen molar-refractivity contribution in [3.63, 3.8) is 0 Å². The molecule has 0 aliphatic heterocycles. The molecule has 2 aromatic rings. The highest BCUT2D eigenvalue weighted by Crippen LogP contribution is 2.30. The maximum absolute atomic E-state index is 5.93. The van der Waals surface area contributed by atoms with E-state index in [1.807, 2.05) is 49.4 Å². The van der Waals surface area contributed by atoms with Gasteiger partial charge >= 0.3 is 0 Å². The molecule has 0 saturated heterocycles. The lowest BCUT2D eigenvalue weighted by Gasteiger charge is -2.04. The number of benzene rings is 2. The van der Waals surface area contributed by atoms with Gasteiger partial charge in [-0.2, -0.15) is 5.11 Å². The third-order valence-electron chi connectivity index (χ3n) is 2.71. The molecule has 0 aliphatic carbocycles. The summed E-state index contributed by atoms with van der Waals surface area (Å²) in [6.07, 6.45) is 3.53. The summed E-state index contributed by atoms with van der Waals surface area (Å²) in [4.78, 5) is 0. The van der Waals surface area contributed by atoms with E-state index in [9.17, 15) is 0 Å². The largest absolute Gasteiger partial charge is 0.398 e. The van der Waals surface area contributed by atoms with Gasteiger partial charge in [0.1, 0.15) is 0 Å². The Morgan fingerprint density at radius 2 is 1.89 bits per heavy atom. The summed E-state index contributed by atoms with van der Waals surface area (Å²) in [5, 5.41) is 10.4. The van der Waals surface area contributed by atoms with Crippen LogP contribution in [-0.2, 0) is 0 Å². The zero-order valence-electron chi connectivity index (χ0n) is 10.3. The highest BCUT2D eigenvalue weighted by molar-refractivity contribution is 5.99. The minimum Gasteiger partial charge on any atom is -0.398 e. The van der Waals surface area contributed by atoms with Gasteiger partial charge in [-0.25, -0.2) is 0 Å². The Bertz CT molecular complexity index is 639. The molecule has 90 valence electrons. The van der Waals surface area contributed by atoms with Crippen molar-refractivity contribution in [2.24, 2.45) is 10.2 Å². The van der Waals surface area contributed by atoms with Crippen molar-refractivity contribution >= 4 is 22.1 Å². The van der Waals surface area contributed by atoms with E-state index in [0.717, 1.165) is 27.8 Å². The zero-order chi connectivity index (χ0) is 13.0. The van der Waals surface area contributed by atoms with Crippen LogP contribution in [0.15, 0.2) is 71.1 Å². The molecule has 0 spiro atoms. The average Bonchev–Trinajstić information content (AvgIpc) is 2.42. The SMILES string of the molecule is C=CC(=C\C)/N=N/c1ccc(N)c2ccccc12. The van der Waals surface area contributed by atoms with Crippen LogP contribution in [-0.4, -0.2) is 0 Å². The van der Waals surface area contributed by atoms with E-state index in [0.29, 0.717) is 0 Å². The number of nitrogens with zero attached hydrogens (tertiary/aromatic N) is 2. The molecular formula is C15H15N3. The second kappa shape index (κ2) is 5.27. The number of hydrogen-bond acceptors (Lipinski definition) is 3. The van der Waals surface area contributed by atoms with Gasteiger partial charge in [-0.3, -0.25) is 0 Å². The number of nitrogen functional groups attached to an aromatic ring is 1. The zero-order valence-corrected chi connectivity index (χ0v) is 10.3. The van der Waals surface area contributed by atoms with Crippen LogP contribution >= 0.6 is 0 Å². The predicted octanol–water partition coefficient (Wildman–Crippen LogP) is 4.60. The van der Waals surface area contributed by atoms with Gasteiger partial charge in [0, 0.05) is 16.5 Å². The maximum Gasteiger partial charge on any atom is 0.0936 e. The molecule has 0 atom stereocenters. The number of azo groups is 1. The molecule has 2 N–H and O–H groups in total. The standard InChI is InChI=1S/C15H15N3/c1-3-11(4-2)17-18-15-10-9-14(16)12-7-5-6-8-13(12)15/h3-10H,1,16H2,2H3/b11-4+,18-17+. The fourth-order valence-electron chi connectivity index (χ4n) is 1.72. The van der Waals surface area contributed by atoms with Crippen molar-refractivity contribution in [1.82, 2.24) is 0 Å². The van der Waals surface area contributed by atoms with Crippen molar-refractivity contribution in [3.8, 4) is 0 Å². The topological polar surface area (TPSA) is 50.7 Å². The Labute approximate surface area is 106 Å². The quantitative estimate of drug-likeness (QED) is 0.473. The fraction of sp³-hybridized carbons (Fsp3) is 0.0667. The van der Waals surface area contributed by atoms with E-state index in [1.165, 1.54) is 0 Å². The Balaban J connectivity index is 2.53. The summed E-state index contributed by atoms with van der Waals surface area (Å²) in [5.41, 5.74) is 8.24. The van der Waals surface area contributed by atoms with Gasteiger partial charge in [0.25, 0.3) is 0 Å². The van der Waals surface area contributed by atoms with E-state index in [1.54, 1.807) is 6.08 Å². The van der Waals surface area contributed by atoms with Gasteiger partial charge in [0.05, 0.1) is 11.4 Å². The first-order chi connectivity index (χ1) is 8.76. The third kappa shape index (κ3) is 2.30. The van der Waals surface area contributed by atoms with Crippen LogP contribution in [0.1, 0.15) is 6.92 Å². The number of hydrogen-bond donors (Lipinski definition) is 1. The minimum atomic E-state index is 0.746. The minimum absolute atomic E-state index is 0.746. The van der Waals surface area contributed by atoms with Gasteiger partial charge in [-0.15, -0.1) is 5.11 Å². The van der Waals surface area contributed by atoms with Gasteiger partial charge in [-0.05, 0) is 25.1 Å². The molecule has 2 aromatic carbocycles. The van der Waals surface area contributed by atoms with Crippen LogP contribution in [0.2, 0.25) is 0 Å². The summed E-state index contributed by atoms with van der Waals surface area (Å²) in [6.45, 7) is 5.58. The van der Waals surface area contributed by atoms with E-state index in [4.69, 9.17) is 5.73 Å². The molecule has 0 unspecified atom stereocenters. The summed E-state index contributed by atoms with van der Waals surface area (Å²) < 4.78 is 0. The van der Waals surface area contributed by atoms with E-state index in [2.05, 4.69) is 16.8 Å². The van der Waals surface area contributed by atoms with Crippen LogP contribution in [0.25, 0.3) is 10.8 Å². The Hall–Kier alpha value is -2.42. The first kappa shape index (κ1) is 12.0. The highest BCUT2D eigenvalue weighted by atomic mass is 15.1. The van der Waals surface area contributed by atoms with Crippen LogP contribution in [0.5, 0.6) is 0 Å². The maximum atomic E-state index is 5.93. The van der Waals surface area contributed by atoms with Crippen molar-refractivity contribution < 1.29 is 0 Å². The van der Waals surface area contributed by atoms with E-state index >= 15 is 0 Å². The van der Waals surface area contributed by atoms with Crippen molar-refractivity contribution in [2.75, 3.05) is 5.73 Å². The monoisotopic (exact) mass is 237 g/mol. The molecule has 18 heavy (non-hydrogen) atoms. The number of nitrogens with two attached hydrogens (primary N) is 1. The molecule has 0 amide bonds. The lowest BCUT2D eigenvalue weighted by Crippen LogP contribution is -1.86. The second-order valence-electron chi connectivity index (χ2n) is 3.84. The molecule has 0 saturated carbocycles. The van der Waals surface area contributed by atoms with Crippen LogP contribution < -0.4 is 5.73 Å². The lowest BCUT2D eigenvalue weighted by molar-refractivity contribution is 1.17. The Kier molecular flexibility index (Phi) is 3.53. The molecule has 0 heterocycles. The smallest absolute Gasteiger partial charge is 0.0936 e. The molecular weight excluding hydrogens is 222 g/mol. The highest BCUT2D eigenvalue weighted by Gasteiger charge is 2.02. The summed E-state index contributed by atoms with van der Waals surface area (Å²) in [6, 6.07) is 11.6. The molecule has 0 aromatic heterocycles. The number of allylic oxidation sites excluding steroid dienone is 2. The van der Waals surface area contributed by atoms with Gasteiger partial charge < -0.3 is 5.73 Å². The van der Waals surface area contributed by atoms with Crippen molar-refractivity contribution in [2.45, 2.75) is 6.92 Å². The molecule has 2 rings (SSSR count). The predicted molar refractivity (Wildman–Crippen MR) is 76.8 cm³/mol. The molecule has 3 nitrogen and oxygen atoms in total. The summed E-state index contributed by atoms with van der Waals surface area (Å²) >= 11 is 0. The first-order valence-electron chi connectivity index (χ1n) is 5.74. The van der Waals surface area contributed by atoms with Crippen molar-refractivity contribution in [1.29, 1.82) is 0 Å². The van der Waals surface area contributed by atoms with Crippen LogP contribution in [0.3, 0.4) is 0 Å². The molecule has 0 radical (unpaired) electrons. The molecule has 0 aliphatic rings. The van der Waals surface area contributed by atoms with Gasteiger partial charge in [0.15, 0.2) is 0 Å².